The first-order chi connectivity index (χ1) is 16.0. The molecule has 0 aliphatic rings. The Bertz CT molecular complexity index is 1340. The zero-order valence-corrected chi connectivity index (χ0v) is 17.8. The lowest BCUT2D eigenvalue weighted by Gasteiger charge is -2.08. The number of rotatable bonds is 7. The summed E-state index contributed by atoms with van der Waals surface area (Å²) in [5, 5.41) is 0.270. The van der Waals surface area contributed by atoms with Crippen molar-refractivity contribution in [3.63, 3.8) is 0 Å². The van der Waals surface area contributed by atoms with Crippen molar-refractivity contribution in [2.75, 3.05) is 6.61 Å². The molecule has 33 heavy (non-hydrogen) atoms. The molecule has 7 nitrogen and oxygen atoms in total. The first kappa shape index (κ1) is 21.8. The topological polar surface area (TPSA) is 92.0 Å². The highest BCUT2D eigenvalue weighted by Gasteiger charge is 2.13. The molecular formula is C26H20O7. The van der Waals surface area contributed by atoms with E-state index in [0.717, 1.165) is 6.42 Å². The first-order valence-corrected chi connectivity index (χ1v) is 10.3. The quantitative estimate of drug-likeness (QED) is 0.279. The summed E-state index contributed by atoms with van der Waals surface area (Å²) in [4.78, 5) is 36.9. The zero-order chi connectivity index (χ0) is 23.2. The van der Waals surface area contributed by atoms with E-state index < -0.39 is 11.9 Å². The molecule has 3 aromatic carbocycles. The van der Waals surface area contributed by atoms with Crippen LogP contribution in [0.25, 0.3) is 11.0 Å². The number of ether oxygens (including phenoxy) is 3. The molecule has 0 radical (unpaired) electrons. The summed E-state index contributed by atoms with van der Waals surface area (Å²) in [7, 11) is 0. The van der Waals surface area contributed by atoms with Gasteiger partial charge in [-0.25, -0.2) is 9.59 Å². The van der Waals surface area contributed by atoms with Crippen molar-refractivity contribution in [2.24, 2.45) is 0 Å². The van der Waals surface area contributed by atoms with Gasteiger partial charge < -0.3 is 18.6 Å². The van der Waals surface area contributed by atoms with E-state index in [2.05, 4.69) is 0 Å². The summed E-state index contributed by atoms with van der Waals surface area (Å²) in [6.07, 6.45) is 1.93. The van der Waals surface area contributed by atoms with Crippen LogP contribution in [0.4, 0.5) is 0 Å². The average molecular weight is 444 g/mol. The van der Waals surface area contributed by atoms with E-state index in [1.54, 1.807) is 54.6 Å². The third kappa shape index (κ3) is 5.10. The molecule has 7 heteroatoms. The average Bonchev–Trinajstić information content (AvgIpc) is 2.85. The minimum absolute atomic E-state index is 0.0159. The molecule has 1 heterocycles. The number of esters is 2. The summed E-state index contributed by atoms with van der Waals surface area (Å²) in [5.41, 5.74) is 0.662. The second-order valence-corrected chi connectivity index (χ2v) is 7.10. The Labute approximate surface area is 189 Å². The Morgan fingerprint density at radius 3 is 2.27 bits per heavy atom. The van der Waals surface area contributed by atoms with Crippen LogP contribution in [0.3, 0.4) is 0 Å². The highest BCUT2D eigenvalue weighted by molar-refractivity contribution is 5.91. The molecule has 4 aromatic rings. The molecular weight excluding hydrogens is 424 g/mol. The molecule has 1 aromatic heterocycles. The SMILES string of the molecule is CCCOC(=O)c1ccc(Oc2coc3cc(OC(=O)c4ccccc4)ccc3c2=O)cc1. The Hall–Kier alpha value is -4.39. The molecule has 0 atom stereocenters. The van der Waals surface area contributed by atoms with Gasteiger partial charge in [-0.05, 0) is 55.0 Å². The summed E-state index contributed by atoms with van der Waals surface area (Å²) in [5.74, 6) is -0.338. The van der Waals surface area contributed by atoms with Crippen LogP contribution >= 0.6 is 0 Å². The van der Waals surface area contributed by atoms with Gasteiger partial charge in [0.25, 0.3) is 0 Å². The number of hydrogen-bond acceptors (Lipinski definition) is 7. The summed E-state index contributed by atoms with van der Waals surface area (Å²) < 4.78 is 21.6. The number of benzene rings is 3. The second-order valence-electron chi connectivity index (χ2n) is 7.10. The van der Waals surface area contributed by atoms with Gasteiger partial charge in [0.05, 0.1) is 23.1 Å². The van der Waals surface area contributed by atoms with Crippen molar-refractivity contribution in [2.45, 2.75) is 13.3 Å². The van der Waals surface area contributed by atoms with Crippen LogP contribution in [0.15, 0.2) is 88.3 Å². The molecule has 0 saturated carbocycles. The Morgan fingerprint density at radius 2 is 1.55 bits per heavy atom. The summed E-state index contributed by atoms with van der Waals surface area (Å²) in [6.45, 7) is 2.26. The zero-order valence-electron chi connectivity index (χ0n) is 17.8. The van der Waals surface area contributed by atoms with Gasteiger partial charge in [-0.15, -0.1) is 0 Å². The Balaban J connectivity index is 1.50. The van der Waals surface area contributed by atoms with Crippen molar-refractivity contribution in [3.8, 4) is 17.2 Å². The largest absolute Gasteiger partial charge is 0.462 e. The summed E-state index contributed by atoms with van der Waals surface area (Å²) >= 11 is 0. The molecule has 0 saturated heterocycles. The number of fused-ring (bicyclic) bond motifs is 1. The number of carbonyl (C=O) groups excluding carboxylic acids is 2. The van der Waals surface area contributed by atoms with Crippen molar-refractivity contribution in [1.29, 1.82) is 0 Å². The molecule has 0 aliphatic heterocycles. The van der Waals surface area contributed by atoms with Crippen molar-refractivity contribution in [1.82, 2.24) is 0 Å². The predicted molar refractivity (Wildman–Crippen MR) is 121 cm³/mol. The third-order valence-corrected chi connectivity index (χ3v) is 4.69. The van der Waals surface area contributed by atoms with E-state index in [4.69, 9.17) is 18.6 Å². The maximum Gasteiger partial charge on any atom is 0.343 e. The third-order valence-electron chi connectivity index (χ3n) is 4.69. The van der Waals surface area contributed by atoms with Crippen LogP contribution in [-0.4, -0.2) is 18.5 Å². The van der Waals surface area contributed by atoms with Crippen LogP contribution in [0, 0.1) is 0 Å². The monoisotopic (exact) mass is 444 g/mol. The van der Waals surface area contributed by atoms with Gasteiger partial charge in [-0.2, -0.15) is 0 Å². The van der Waals surface area contributed by atoms with Gasteiger partial charge >= 0.3 is 11.9 Å². The Kier molecular flexibility index (Phi) is 6.50. The maximum absolute atomic E-state index is 12.8. The van der Waals surface area contributed by atoms with E-state index >= 15 is 0 Å². The van der Waals surface area contributed by atoms with Crippen molar-refractivity contribution in [3.05, 3.63) is 100 Å². The first-order valence-electron chi connectivity index (χ1n) is 10.3. The molecule has 0 aliphatic carbocycles. The predicted octanol–water partition coefficient (Wildman–Crippen LogP) is 5.37. The molecule has 4 rings (SSSR count). The maximum atomic E-state index is 12.8. The minimum atomic E-state index is -0.515. The lowest BCUT2D eigenvalue weighted by Crippen LogP contribution is -2.09. The molecule has 0 bridgehead atoms. The molecule has 0 unspecified atom stereocenters. The van der Waals surface area contributed by atoms with E-state index in [9.17, 15) is 14.4 Å². The summed E-state index contributed by atoms with van der Waals surface area (Å²) in [6, 6.07) is 19.3. The molecule has 0 spiro atoms. The minimum Gasteiger partial charge on any atom is -0.462 e. The standard InChI is InChI=1S/C26H20O7/c1-2-14-30-25(28)18-8-10-19(11-9-18)32-23-16-31-22-15-20(12-13-21(22)24(23)27)33-26(29)17-6-4-3-5-7-17/h3-13,15-16H,2,14H2,1H3. The van der Waals surface area contributed by atoms with E-state index in [0.29, 0.717) is 23.5 Å². The fourth-order valence-electron chi connectivity index (χ4n) is 3.03. The van der Waals surface area contributed by atoms with Gasteiger partial charge in [0.2, 0.25) is 11.2 Å². The van der Waals surface area contributed by atoms with Crippen LogP contribution < -0.4 is 14.9 Å². The van der Waals surface area contributed by atoms with E-state index in [1.807, 2.05) is 6.92 Å². The second kappa shape index (κ2) is 9.82. The fourth-order valence-corrected chi connectivity index (χ4v) is 3.03. The van der Waals surface area contributed by atoms with Gasteiger partial charge in [0.1, 0.15) is 23.3 Å². The van der Waals surface area contributed by atoms with Crippen LogP contribution in [0.2, 0.25) is 0 Å². The normalized spacial score (nSPS) is 10.6. The van der Waals surface area contributed by atoms with Crippen LogP contribution in [-0.2, 0) is 4.74 Å². The number of carbonyl (C=O) groups is 2. The van der Waals surface area contributed by atoms with Crippen LogP contribution in [0.1, 0.15) is 34.1 Å². The lowest BCUT2D eigenvalue weighted by atomic mass is 10.2. The molecule has 0 amide bonds. The molecule has 0 N–H and O–H groups in total. The van der Waals surface area contributed by atoms with Crippen molar-refractivity contribution < 1.29 is 28.2 Å². The molecule has 0 fully saturated rings. The van der Waals surface area contributed by atoms with Gasteiger partial charge in [0, 0.05) is 6.07 Å². The van der Waals surface area contributed by atoms with Gasteiger partial charge in [-0.3, -0.25) is 4.79 Å². The van der Waals surface area contributed by atoms with E-state index in [-0.39, 0.29) is 27.9 Å². The van der Waals surface area contributed by atoms with Crippen LogP contribution in [0.5, 0.6) is 17.2 Å². The van der Waals surface area contributed by atoms with E-state index in [1.165, 1.54) is 24.5 Å². The lowest BCUT2D eigenvalue weighted by molar-refractivity contribution is 0.0504. The van der Waals surface area contributed by atoms with Gasteiger partial charge in [0.15, 0.2) is 0 Å². The fraction of sp³-hybridized carbons (Fsp3) is 0.115. The highest BCUT2D eigenvalue weighted by Crippen LogP contribution is 2.25. The van der Waals surface area contributed by atoms with Crippen molar-refractivity contribution >= 4 is 22.9 Å². The molecule has 166 valence electrons. The number of hydrogen-bond donors (Lipinski definition) is 0. The Morgan fingerprint density at radius 1 is 0.848 bits per heavy atom. The smallest absolute Gasteiger partial charge is 0.343 e. The van der Waals surface area contributed by atoms with Gasteiger partial charge in [-0.1, -0.05) is 25.1 Å². The highest BCUT2D eigenvalue weighted by atomic mass is 16.5.